The van der Waals surface area contributed by atoms with E-state index in [0.29, 0.717) is 6.04 Å². The molecule has 2 aliphatic heterocycles. The molecule has 20 heavy (non-hydrogen) atoms. The molecule has 1 aromatic carbocycles. The van der Waals surface area contributed by atoms with Gasteiger partial charge in [0.15, 0.2) is 0 Å². The Morgan fingerprint density at radius 1 is 1.20 bits per heavy atom. The largest absolute Gasteiger partial charge is 0.384 e. The van der Waals surface area contributed by atoms with Crippen LogP contribution in [0.15, 0.2) is 42.0 Å². The number of nitrogens with zero attached hydrogens (tertiary/aromatic N) is 1. The van der Waals surface area contributed by atoms with Gasteiger partial charge in [-0.25, -0.2) is 0 Å². The number of hydrogen-bond acceptors (Lipinski definition) is 2. The lowest BCUT2D eigenvalue weighted by atomic mass is 9.84. The van der Waals surface area contributed by atoms with Gasteiger partial charge in [0.05, 0.1) is 0 Å². The fraction of sp³-hybridized carbons (Fsp3) is 0.556. The molecule has 2 nitrogen and oxygen atoms in total. The van der Waals surface area contributed by atoms with Gasteiger partial charge in [0.2, 0.25) is 0 Å². The van der Waals surface area contributed by atoms with Crippen LogP contribution >= 0.6 is 0 Å². The zero-order chi connectivity index (χ0) is 13.8. The zero-order valence-electron chi connectivity index (χ0n) is 12.4. The highest BCUT2D eigenvalue weighted by Crippen LogP contribution is 2.35. The summed E-state index contributed by atoms with van der Waals surface area (Å²) in [5, 5.41) is 0. The summed E-state index contributed by atoms with van der Waals surface area (Å²) in [4.78, 5) is 2.72. The molecular weight excluding hydrogens is 246 g/mol. The highest BCUT2D eigenvalue weighted by Gasteiger charge is 2.33. The molecule has 1 aromatic rings. The van der Waals surface area contributed by atoms with Gasteiger partial charge < -0.3 is 4.74 Å². The number of methoxy groups -OCH3 is 1. The molecule has 2 aliphatic rings. The molecule has 3 rings (SSSR count). The highest BCUT2D eigenvalue weighted by atomic mass is 16.5. The van der Waals surface area contributed by atoms with Crippen molar-refractivity contribution < 1.29 is 4.74 Å². The summed E-state index contributed by atoms with van der Waals surface area (Å²) in [5.74, 6) is 0. The molecular formula is C18H25NO. The second-order valence-corrected chi connectivity index (χ2v) is 6.08. The van der Waals surface area contributed by atoms with E-state index in [-0.39, 0.29) is 0 Å². The van der Waals surface area contributed by atoms with Gasteiger partial charge in [0.25, 0.3) is 0 Å². The van der Waals surface area contributed by atoms with Crippen molar-refractivity contribution in [3.8, 4) is 0 Å². The van der Waals surface area contributed by atoms with Crippen molar-refractivity contribution in [2.24, 2.45) is 0 Å². The lowest BCUT2D eigenvalue weighted by molar-refractivity contribution is 0.0859. The quantitative estimate of drug-likeness (QED) is 0.756. The first kappa shape index (κ1) is 13.8. The van der Waals surface area contributed by atoms with Crippen molar-refractivity contribution in [3.05, 3.63) is 47.5 Å². The molecule has 2 heteroatoms. The first-order chi connectivity index (χ1) is 9.86. The number of piperidine rings is 1. The predicted molar refractivity (Wildman–Crippen MR) is 82.6 cm³/mol. The number of hydrogen-bond donors (Lipinski definition) is 0. The maximum atomic E-state index is 5.23. The number of fused-ring (bicyclic) bond motifs is 2. The lowest BCUT2D eigenvalue weighted by Crippen LogP contribution is -2.48. The Morgan fingerprint density at radius 3 is 2.80 bits per heavy atom. The average molecular weight is 271 g/mol. The summed E-state index contributed by atoms with van der Waals surface area (Å²) < 4.78 is 5.23. The molecule has 2 heterocycles. The Kier molecular flexibility index (Phi) is 4.54. The fourth-order valence-electron chi connectivity index (χ4n) is 3.67. The summed E-state index contributed by atoms with van der Waals surface area (Å²) in [6, 6.07) is 12.3. The van der Waals surface area contributed by atoms with Gasteiger partial charge in [0.1, 0.15) is 0 Å². The molecule has 0 amide bonds. The van der Waals surface area contributed by atoms with Gasteiger partial charge >= 0.3 is 0 Å². The summed E-state index contributed by atoms with van der Waals surface area (Å²) in [6.07, 6.45) is 8.94. The van der Waals surface area contributed by atoms with Gasteiger partial charge in [0, 0.05) is 32.3 Å². The average Bonchev–Trinajstić information content (AvgIpc) is 2.46. The molecule has 2 bridgehead atoms. The van der Waals surface area contributed by atoms with Crippen LogP contribution in [0.2, 0.25) is 0 Å². The van der Waals surface area contributed by atoms with Crippen LogP contribution in [0, 0.1) is 0 Å². The van der Waals surface area contributed by atoms with Crippen LogP contribution in [-0.4, -0.2) is 30.7 Å². The number of benzene rings is 1. The van der Waals surface area contributed by atoms with Crippen molar-refractivity contribution in [1.29, 1.82) is 0 Å². The summed E-state index contributed by atoms with van der Waals surface area (Å²) in [5.41, 5.74) is 3.06. The van der Waals surface area contributed by atoms with Gasteiger partial charge in [-0.15, -0.1) is 0 Å². The summed E-state index contributed by atoms with van der Waals surface area (Å²) >= 11 is 0. The van der Waals surface area contributed by atoms with Crippen LogP contribution in [0.25, 0.3) is 0 Å². The standard InChI is InChI=1S/C18H25NO/c1-20-11-10-16-12-17-8-5-9-18(13-16)19(17)14-15-6-3-2-4-7-15/h2-4,6-7,12,17-18H,5,8-11,13-14H2,1H3. The maximum Gasteiger partial charge on any atom is 0.0499 e. The fourth-order valence-corrected chi connectivity index (χ4v) is 3.67. The van der Waals surface area contributed by atoms with Gasteiger partial charge in [-0.1, -0.05) is 48.4 Å². The van der Waals surface area contributed by atoms with Crippen molar-refractivity contribution in [3.63, 3.8) is 0 Å². The normalized spacial score (nSPS) is 26.4. The second-order valence-electron chi connectivity index (χ2n) is 6.08. The van der Waals surface area contributed by atoms with Crippen LogP contribution < -0.4 is 0 Å². The van der Waals surface area contributed by atoms with E-state index >= 15 is 0 Å². The molecule has 0 aromatic heterocycles. The molecule has 0 saturated carbocycles. The molecule has 2 atom stereocenters. The first-order valence-electron chi connectivity index (χ1n) is 7.85. The van der Waals surface area contributed by atoms with E-state index < -0.39 is 0 Å². The highest BCUT2D eigenvalue weighted by molar-refractivity contribution is 5.20. The van der Waals surface area contributed by atoms with E-state index in [1.54, 1.807) is 12.7 Å². The Bertz CT molecular complexity index is 454. The smallest absolute Gasteiger partial charge is 0.0499 e. The topological polar surface area (TPSA) is 12.5 Å². The van der Waals surface area contributed by atoms with Crippen molar-refractivity contribution in [2.75, 3.05) is 13.7 Å². The monoisotopic (exact) mass is 271 g/mol. The van der Waals surface area contributed by atoms with Gasteiger partial charge in [-0.05, 0) is 31.2 Å². The van der Waals surface area contributed by atoms with Crippen molar-refractivity contribution in [2.45, 2.75) is 50.7 Å². The van der Waals surface area contributed by atoms with E-state index in [4.69, 9.17) is 4.74 Å². The maximum absolute atomic E-state index is 5.23. The molecule has 108 valence electrons. The van der Waals surface area contributed by atoms with Crippen LogP contribution in [0.1, 0.15) is 37.7 Å². The van der Waals surface area contributed by atoms with E-state index in [2.05, 4.69) is 41.3 Å². The van der Waals surface area contributed by atoms with E-state index in [0.717, 1.165) is 25.6 Å². The molecule has 1 saturated heterocycles. The molecule has 2 unspecified atom stereocenters. The molecule has 0 spiro atoms. The Balaban J connectivity index is 1.71. The molecule has 1 fully saturated rings. The number of rotatable bonds is 5. The Hall–Kier alpha value is -1.12. The Morgan fingerprint density at radius 2 is 2.05 bits per heavy atom. The first-order valence-corrected chi connectivity index (χ1v) is 7.85. The summed E-state index contributed by atoms with van der Waals surface area (Å²) in [6.45, 7) is 1.97. The van der Waals surface area contributed by atoms with Crippen LogP contribution in [0.3, 0.4) is 0 Å². The van der Waals surface area contributed by atoms with Crippen LogP contribution in [0.4, 0.5) is 0 Å². The van der Waals surface area contributed by atoms with E-state index in [9.17, 15) is 0 Å². The van der Waals surface area contributed by atoms with E-state index in [1.807, 2.05) is 0 Å². The van der Waals surface area contributed by atoms with E-state index in [1.165, 1.54) is 31.2 Å². The predicted octanol–water partition coefficient (Wildman–Crippen LogP) is 3.78. The summed E-state index contributed by atoms with van der Waals surface area (Å²) in [7, 11) is 1.80. The van der Waals surface area contributed by atoms with Gasteiger partial charge in [-0.3, -0.25) is 4.90 Å². The third-order valence-electron chi connectivity index (χ3n) is 4.69. The van der Waals surface area contributed by atoms with Crippen LogP contribution in [0.5, 0.6) is 0 Å². The molecule has 0 aliphatic carbocycles. The molecule has 0 radical (unpaired) electrons. The Labute approximate surface area is 122 Å². The third kappa shape index (κ3) is 3.13. The lowest BCUT2D eigenvalue weighted by Gasteiger charge is -2.45. The third-order valence-corrected chi connectivity index (χ3v) is 4.69. The zero-order valence-corrected chi connectivity index (χ0v) is 12.4. The van der Waals surface area contributed by atoms with Gasteiger partial charge in [-0.2, -0.15) is 0 Å². The second kappa shape index (κ2) is 6.55. The minimum Gasteiger partial charge on any atom is -0.384 e. The number of ether oxygens (including phenoxy) is 1. The minimum atomic E-state index is 0.648. The SMILES string of the molecule is COCCC1=CC2CCCC(C1)N2Cc1ccccc1. The minimum absolute atomic E-state index is 0.648. The van der Waals surface area contributed by atoms with Crippen molar-refractivity contribution >= 4 is 0 Å². The molecule has 0 N–H and O–H groups in total. The van der Waals surface area contributed by atoms with Crippen LogP contribution in [-0.2, 0) is 11.3 Å². The van der Waals surface area contributed by atoms with Crippen molar-refractivity contribution in [1.82, 2.24) is 4.90 Å².